The molecule has 1 N–H and O–H groups in total. The van der Waals surface area contributed by atoms with Crippen molar-refractivity contribution in [1.29, 1.82) is 0 Å². The number of anilines is 1. The normalized spacial score (nSPS) is 11.7. The first-order chi connectivity index (χ1) is 15.6. The highest BCUT2D eigenvalue weighted by Gasteiger charge is 2.41. The Balaban J connectivity index is 1.59. The van der Waals surface area contributed by atoms with Crippen LogP contribution >= 0.6 is 11.3 Å². The number of nitrogens with zero attached hydrogens (tertiary/aromatic N) is 4. The highest BCUT2D eigenvalue weighted by Crippen LogP contribution is 2.34. The number of aryl methyl sites for hydroxylation is 2. The molecule has 0 bridgehead atoms. The molecular weight excluding hydrogens is 459 g/mol. The molecule has 0 fully saturated rings. The number of halogens is 3. The number of carbonyl (C=O) groups excluding carboxylic acids is 2. The SMILES string of the molecule is CCOC(=O)c1cnn(-c2ccc(NC(=O)c3cc4c(C)nn(C)c4s3)cc2)c1C(F)(F)F. The van der Waals surface area contributed by atoms with Gasteiger partial charge in [-0.1, -0.05) is 0 Å². The average Bonchev–Trinajstić information content (AvgIpc) is 3.44. The fourth-order valence-electron chi connectivity index (χ4n) is 3.37. The molecule has 0 unspecified atom stereocenters. The first-order valence-electron chi connectivity index (χ1n) is 9.77. The zero-order chi connectivity index (χ0) is 23.9. The molecule has 0 aliphatic heterocycles. The summed E-state index contributed by atoms with van der Waals surface area (Å²) in [5.74, 6) is -1.45. The number of ether oxygens (including phenoxy) is 1. The van der Waals surface area contributed by atoms with Gasteiger partial charge in [0.2, 0.25) is 0 Å². The summed E-state index contributed by atoms with van der Waals surface area (Å²) in [5, 5.41) is 11.6. The monoisotopic (exact) mass is 477 g/mol. The van der Waals surface area contributed by atoms with Crippen LogP contribution in [0.3, 0.4) is 0 Å². The lowest BCUT2D eigenvalue weighted by atomic mass is 10.2. The van der Waals surface area contributed by atoms with Gasteiger partial charge in [0.05, 0.1) is 29.1 Å². The third kappa shape index (κ3) is 4.21. The van der Waals surface area contributed by atoms with E-state index < -0.39 is 23.4 Å². The maximum absolute atomic E-state index is 13.7. The van der Waals surface area contributed by atoms with Crippen LogP contribution in [0.5, 0.6) is 0 Å². The van der Waals surface area contributed by atoms with Gasteiger partial charge in [0.25, 0.3) is 5.91 Å². The van der Waals surface area contributed by atoms with Crippen LogP contribution in [0.4, 0.5) is 18.9 Å². The molecule has 1 aromatic carbocycles. The lowest BCUT2D eigenvalue weighted by Gasteiger charge is -2.13. The lowest BCUT2D eigenvalue weighted by Crippen LogP contribution is -2.18. The molecule has 0 spiro atoms. The van der Waals surface area contributed by atoms with Crippen LogP contribution in [-0.4, -0.2) is 38.0 Å². The number of amides is 1. The Morgan fingerprint density at radius 2 is 1.91 bits per heavy atom. The zero-order valence-corrected chi connectivity index (χ0v) is 18.5. The number of nitrogens with one attached hydrogen (secondary N) is 1. The topological polar surface area (TPSA) is 91.0 Å². The summed E-state index contributed by atoms with van der Waals surface area (Å²) in [6, 6.07) is 7.40. The molecule has 0 saturated carbocycles. The van der Waals surface area contributed by atoms with Gasteiger partial charge in [-0.2, -0.15) is 23.4 Å². The van der Waals surface area contributed by atoms with E-state index in [4.69, 9.17) is 4.74 Å². The van der Waals surface area contributed by atoms with Crippen molar-refractivity contribution in [3.63, 3.8) is 0 Å². The Bertz CT molecular complexity index is 1320. The number of alkyl halides is 3. The van der Waals surface area contributed by atoms with Gasteiger partial charge in [0, 0.05) is 18.1 Å². The van der Waals surface area contributed by atoms with Crippen LogP contribution in [0.25, 0.3) is 15.9 Å². The van der Waals surface area contributed by atoms with Crippen molar-refractivity contribution in [2.45, 2.75) is 20.0 Å². The minimum absolute atomic E-state index is 0.0639. The number of benzene rings is 1. The second-order valence-corrected chi connectivity index (χ2v) is 8.11. The Morgan fingerprint density at radius 1 is 1.21 bits per heavy atom. The van der Waals surface area contributed by atoms with Crippen LogP contribution in [0.2, 0.25) is 0 Å². The van der Waals surface area contributed by atoms with Gasteiger partial charge in [-0.15, -0.1) is 11.3 Å². The third-order valence-corrected chi connectivity index (χ3v) is 6.02. The summed E-state index contributed by atoms with van der Waals surface area (Å²) in [7, 11) is 1.80. The number of thiophene rings is 1. The molecular formula is C21H18F3N5O3S. The molecule has 3 aromatic heterocycles. The predicted octanol–water partition coefficient (Wildman–Crippen LogP) is 4.58. The Labute approximate surface area is 189 Å². The lowest BCUT2D eigenvalue weighted by molar-refractivity contribution is -0.143. The molecule has 1 amide bonds. The van der Waals surface area contributed by atoms with E-state index in [0.29, 0.717) is 15.2 Å². The molecule has 0 aliphatic carbocycles. The Morgan fingerprint density at radius 3 is 2.52 bits per heavy atom. The minimum Gasteiger partial charge on any atom is -0.462 e. The second kappa shape index (κ2) is 8.35. The molecule has 0 aliphatic rings. The maximum Gasteiger partial charge on any atom is 0.434 e. The Kier molecular flexibility index (Phi) is 5.70. The summed E-state index contributed by atoms with van der Waals surface area (Å²) >= 11 is 1.29. The summed E-state index contributed by atoms with van der Waals surface area (Å²) in [6.45, 7) is 3.29. The standard InChI is InChI=1S/C21H18F3N5O3S/c1-4-32-20(31)15-10-25-29(17(15)21(22,23)24)13-7-5-12(6-8-13)26-18(30)16-9-14-11(2)27-28(3)19(14)33-16/h5-10H,4H2,1-3H3,(H,26,30). The molecule has 4 aromatic rings. The average molecular weight is 477 g/mol. The molecule has 0 radical (unpaired) electrons. The van der Waals surface area contributed by atoms with Crippen LogP contribution in [0.1, 0.15) is 38.3 Å². The van der Waals surface area contributed by atoms with Crippen LogP contribution < -0.4 is 5.32 Å². The molecule has 172 valence electrons. The zero-order valence-electron chi connectivity index (χ0n) is 17.7. The van der Waals surface area contributed by atoms with Crippen molar-refractivity contribution in [2.24, 2.45) is 7.05 Å². The molecule has 33 heavy (non-hydrogen) atoms. The smallest absolute Gasteiger partial charge is 0.434 e. The van der Waals surface area contributed by atoms with E-state index in [1.807, 2.05) is 6.92 Å². The Hall–Kier alpha value is -3.67. The first kappa shape index (κ1) is 22.5. The van der Waals surface area contributed by atoms with Crippen LogP contribution in [0, 0.1) is 6.92 Å². The molecule has 8 nitrogen and oxygen atoms in total. The van der Waals surface area contributed by atoms with Gasteiger partial charge in [-0.05, 0) is 44.2 Å². The van der Waals surface area contributed by atoms with Crippen molar-refractivity contribution in [3.8, 4) is 5.69 Å². The van der Waals surface area contributed by atoms with Crippen molar-refractivity contribution >= 4 is 39.1 Å². The van der Waals surface area contributed by atoms with E-state index in [-0.39, 0.29) is 18.2 Å². The van der Waals surface area contributed by atoms with Gasteiger partial charge in [0.1, 0.15) is 10.4 Å². The van der Waals surface area contributed by atoms with Gasteiger partial charge in [-0.3, -0.25) is 9.48 Å². The van der Waals surface area contributed by atoms with Crippen LogP contribution in [-0.2, 0) is 18.0 Å². The predicted molar refractivity (Wildman–Crippen MR) is 116 cm³/mol. The van der Waals surface area contributed by atoms with Crippen LogP contribution in [0.15, 0.2) is 36.5 Å². The summed E-state index contributed by atoms with van der Waals surface area (Å²) in [6.07, 6.45) is -4.01. The fraction of sp³-hybridized carbons (Fsp3) is 0.238. The number of carbonyl (C=O) groups is 2. The van der Waals surface area contributed by atoms with E-state index in [2.05, 4.69) is 15.5 Å². The number of hydrogen-bond acceptors (Lipinski definition) is 6. The number of esters is 1. The summed E-state index contributed by atoms with van der Waals surface area (Å²) in [5.41, 5.74) is -0.626. The van der Waals surface area contributed by atoms with Gasteiger partial charge in [-0.25, -0.2) is 9.48 Å². The summed E-state index contributed by atoms with van der Waals surface area (Å²) in [4.78, 5) is 25.9. The quantitative estimate of drug-likeness (QED) is 0.425. The number of rotatable bonds is 5. The van der Waals surface area contributed by atoms with Crippen molar-refractivity contribution < 1.29 is 27.5 Å². The van der Waals surface area contributed by atoms with E-state index in [1.165, 1.54) is 42.5 Å². The molecule has 4 rings (SSSR count). The molecule has 0 saturated heterocycles. The largest absolute Gasteiger partial charge is 0.462 e. The van der Waals surface area contributed by atoms with E-state index >= 15 is 0 Å². The highest BCUT2D eigenvalue weighted by molar-refractivity contribution is 7.20. The fourth-order valence-corrected chi connectivity index (χ4v) is 4.39. The van der Waals surface area contributed by atoms with E-state index in [0.717, 1.165) is 22.1 Å². The number of hydrogen-bond donors (Lipinski definition) is 1. The van der Waals surface area contributed by atoms with E-state index in [9.17, 15) is 22.8 Å². The number of fused-ring (bicyclic) bond motifs is 1. The first-order valence-corrected chi connectivity index (χ1v) is 10.6. The molecule has 12 heteroatoms. The van der Waals surface area contributed by atoms with Crippen molar-refractivity contribution in [3.05, 3.63) is 58.4 Å². The van der Waals surface area contributed by atoms with Gasteiger partial charge in [0.15, 0.2) is 5.69 Å². The van der Waals surface area contributed by atoms with Crippen molar-refractivity contribution in [2.75, 3.05) is 11.9 Å². The second-order valence-electron chi connectivity index (χ2n) is 7.08. The van der Waals surface area contributed by atoms with Gasteiger partial charge < -0.3 is 10.1 Å². The minimum atomic E-state index is -4.83. The molecule has 0 atom stereocenters. The maximum atomic E-state index is 13.7. The highest BCUT2D eigenvalue weighted by atomic mass is 32.1. The number of aromatic nitrogens is 4. The van der Waals surface area contributed by atoms with E-state index in [1.54, 1.807) is 17.8 Å². The summed E-state index contributed by atoms with van der Waals surface area (Å²) < 4.78 is 48.0. The van der Waals surface area contributed by atoms with Gasteiger partial charge >= 0.3 is 12.1 Å². The van der Waals surface area contributed by atoms with Crippen molar-refractivity contribution in [1.82, 2.24) is 19.6 Å². The molecule has 3 heterocycles. The third-order valence-electron chi connectivity index (χ3n) is 4.82.